The first kappa shape index (κ1) is 31.6. The second-order valence-electron chi connectivity index (χ2n) is 9.66. The van der Waals surface area contributed by atoms with Crippen LogP contribution in [-0.2, 0) is 26.2 Å². The number of rotatable bonds is 14. The van der Waals surface area contributed by atoms with Crippen LogP contribution in [0.15, 0.2) is 77.7 Å². The number of unbranched alkanes of at least 4 members (excludes halogenated alkanes) is 1. The molecule has 10 heteroatoms. The molecule has 220 valence electrons. The molecule has 0 aliphatic heterocycles. The maximum Gasteiger partial charge on any atom is 0.264 e. The monoisotopic (exact) mass is 583 g/mol. The van der Waals surface area contributed by atoms with Crippen molar-refractivity contribution in [2.75, 3.05) is 24.0 Å². The molecule has 41 heavy (non-hydrogen) atoms. The number of hydrogen-bond donors (Lipinski definition) is 1. The van der Waals surface area contributed by atoms with Gasteiger partial charge in [0.2, 0.25) is 11.8 Å². The Labute approximate surface area is 242 Å². The Morgan fingerprint density at radius 3 is 2.24 bits per heavy atom. The number of benzene rings is 3. The second kappa shape index (κ2) is 14.6. The van der Waals surface area contributed by atoms with Crippen molar-refractivity contribution in [2.45, 2.75) is 58.0 Å². The molecule has 0 saturated carbocycles. The quantitative estimate of drug-likeness (QED) is 0.268. The molecule has 0 aromatic heterocycles. The summed E-state index contributed by atoms with van der Waals surface area (Å²) in [5.74, 6) is -0.930. The maximum atomic E-state index is 14.0. The van der Waals surface area contributed by atoms with Gasteiger partial charge in [-0.15, -0.1) is 0 Å². The molecule has 0 radical (unpaired) electrons. The third kappa shape index (κ3) is 8.29. The molecule has 3 aromatic carbocycles. The van der Waals surface area contributed by atoms with E-state index in [1.807, 2.05) is 45.0 Å². The predicted molar refractivity (Wildman–Crippen MR) is 158 cm³/mol. The molecular weight excluding hydrogens is 545 g/mol. The Morgan fingerprint density at radius 1 is 0.976 bits per heavy atom. The molecule has 0 heterocycles. The van der Waals surface area contributed by atoms with Gasteiger partial charge in [-0.3, -0.25) is 13.9 Å². The number of halogens is 1. The highest BCUT2D eigenvalue weighted by Crippen LogP contribution is 2.27. The number of aryl methyl sites for hydroxylation is 1. The molecule has 0 fully saturated rings. The van der Waals surface area contributed by atoms with Crippen molar-refractivity contribution in [3.05, 3.63) is 89.7 Å². The van der Waals surface area contributed by atoms with E-state index in [9.17, 15) is 22.4 Å². The zero-order chi connectivity index (χ0) is 30.0. The average Bonchev–Trinajstić information content (AvgIpc) is 2.96. The van der Waals surface area contributed by atoms with E-state index in [2.05, 4.69) is 5.32 Å². The van der Waals surface area contributed by atoms with Crippen molar-refractivity contribution in [2.24, 2.45) is 0 Å². The molecule has 1 N–H and O–H groups in total. The fraction of sp³-hybridized carbons (Fsp3) is 0.355. The van der Waals surface area contributed by atoms with Crippen molar-refractivity contribution in [3.63, 3.8) is 0 Å². The number of hydrogen-bond acceptors (Lipinski definition) is 5. The highest BCUT2D eigenvalue weighted by molar-refractivity contribution is 7.92. The molecule has 0 saturated heterocycles. The topological polar surface area (TPSA) is 96.0 Å². The number of carbonyl (C=O) groups excluding carboxylic acids is 2. The van der Waals surface area contributed by atoms with Crippen molar-refractivity contribution < 1.29 is 27.1 Å². The van der Waals surface area contributed by atoms with Crippen LogP contribution in [0.1, 0.15) is 44.7 Å². The van der Waals surface area contributed by atoms with E-state index < -0.39 is 34.3 Å². The number of carbonyl (C=O) groups is 2. The molecule has 1 unspecified atom stereocenters. The van der Waals surface area contributed by atoms with Crippen molar-refractivity contribution in [1.82, 2.24) is 10.2 Å². The molecule has 3 rings (SSSR count). The summed E-state index contributed by atoms with van der Waals surface area (Å²) in [6.07, 6.45) is 1.70. The number of nitrogens with one attached hydrogen (secondary N) is 1. The van der Waals surface area contributed by atoms with E-state index in [0.717, 1.165) is 52.5 Å². The largest absolute Gasteiger partial charge is 0.494 e. The standard InChI is InChI=1S/C31H38FN3O5S/c1-5-7-20-33-31(37)24(4)34(21-25-11-9-8-10-23(25)3)30(36)22-35(27-14-16-28(17-15-27)40-6-2)41(38,39)29-18-12-26(32)13-19-29/h8-19,24H,5-7,20-22H2,1-4H3,(H,33,37). The fourth-order valence-electron chi connectivity index (χ4n) is 4.23. The Morgan fingerprint density at radius 2 is 1.63 bits per heavy atom. The lowest BCUT2D eigenvalue weighted by Gasteiger charge is -2.32. The third-order valence-corrected chi connectivity index (χ3v) is 8.50. The summed E-state index contributed by atoms with van der Waals surface area (Å²) in [6, 6.07) is 17.4. The minimum absolute atomic E-state index is 0.113. The van der Waals surface area contributed by atoms with Crippen molar-refractivity contribution in [3.8, 4) is 5.75 Å². The minimum atomic E-state index is -4.29. The smallest absolute Gasteiger partial charge is 0.264 e. The molecule has 0 bridgehead atoms. The van der Waals surface area contributed by atoms with Gasteiger partial charge in [-0.05, 0) is 86.8 Å². The first-order valence-corrected chi connectivity index (χ1v) is 15.1. The van der Waals surface area contributed by atoms with Gasteiger partial charge in [-0.1, -0.05) is 37.6 Å². The normalized spacial score (nSPS) is 11.9. The van der Waals surface area contributed by atoms with Gasteiger partial charge in [0.05, 0.1) is 17.2 Å². The second-order valence-corrected chi connectivity index (χ2v) is 11.5. The molecular formula is C31H38FN3O5S. The summed E-state index contributed by atoms with van der Waals surface area (Å²) in [7, 11) is -4.29. The summed E-state index contributed by atoms with van der Waals surface area (Å²) in [4.78, 5) is 28.3. The van der Waals surface area contributed by atoms with E-state index in [0.29, 0.717) is 18.9 Å². The number of sulfonamides is 1. The fourth-order valence-corrected chi connectivity index (χ4v) is 5.64. The first-order valence-electron chi connectivity index (χ1n) is 13.7. The Balaban J connectivity index is 2.01. The molecule has 3 aromatic rings. The van der Waals surface area contributed by atoms with E-state index in [-0.39, 0.29) is 23.0 Å². The van der Waals surface area contributed by atoms with Gasteiger partial charge in [-0.2, -0.15) is 0 Å². The van der Waals surface area contributed by atoms with Crippen LogP contribution < -0.4 is 14.4 Å². The van der Waals surface area contributed by atoms with Crippen LogP contribution in [0.2, 0.25) is 0 Å². The predicted octanol–water partition coefficient (Wildman–Crippen LogP) is 5.06. The Bertz CT molecular complexity index is 1410. The van der Waals surface area contributed by atoms with Gasteiger partial charge in [0, 0.05) is 13.1 Å². The summed E-state index contributed by atoms with van der Waals surface area (Å²) < 4.78 is 47.7. The van der Waals surface area contributed by atoms with E-state index in [1.165, 1.54) is 4.90 Å². The van der Waals surface area contributed by atoms with Crippen LogP contribution in [0.4, 0.5) is 10.1 Å². The Kier molecular flexibility index (Phi) is 11.3. The highest BCUT2D eigenvalue weighted by Gasteiger charge is 2.32. The van der Waals surface area contributed by atoms with Crippen LogP contribution >= 0.6 is 0 Å². The van der Waals surface area contributed by atoms with Crippen LogP contribution in [0.5, 0.6) is 5.75 Å². The Hall–Kier alpha value is -3.92. The SMILES string of the molecule is CCCCNC(=O)C(C)N(Cc1ccccc1C)C(=O)CN(c1ccc(OCC)cc1)S(=O)(=O)c1ccc(F)cc1. The van der Waals surface area contributed by atoms with E-state index >= 15 is 0 Å². The highest BCUT2D eigenvalue weighted by atomic mass is 32.2. The van der Waals surface area contributed by atoms with Crippen molar-refractivity contribution in [1.29, 1.82) is 0 Å². The minimum Gasteiger partial charge on any atom is -0.494 e. The van der Waals surface area contributed by atoms with Crippen LogP contribution in [-0.4, -0.2) is 50.9 Å². The zero-order valence-corrected chi connectivity index (χ0v) is 24.8. The van der Waals surface area contributed by atoms with Gasteiger partial charge in [-0.25, -0.2) is 12.8 Å². The molecule has 0 aliphatic carbocycles. The van der Waals surface area contributed by atoms with Crippen LogP contribution in [0, 0.1) is 12.7 Å². The summed E-state index contributed by atoms with van der Waals surface area (Å²) >= 11 is 0. The lowest BCUT2D eigenvalue weighted by atomic mass is 10.1. The average molecular weight is 584 g/mol. The van der Waals surface area contributed by atoms with Crippen LogP contribution in [0.3, 0.4) is 0 Å². The molecule has 2 amide bonds. The number of anilines is 1. The number of ether oxygens (including phenoxy) is 1. The molecule has 0 aliphatic rings. The zero-order valence-electron chi connectivity index (χ0n) is 24.0. The van der Waals surface area contributed by atoms with Crippen LogP contribution in [0.25, 0.3) is 0 Å². The van der Waals surface area contributed by atoms with Gasteiger partial charge in [0.1, 0.15) is 24.2 Å². The first-order chi connectivity index (χ1) is 19.6. The maximum absolute atomic E-state index is 14.0. The number of nitrogens with zero attached hydrogens (tertiary/aromatic N) is 2. The van der Waals surface area contributed by atoms with Crippen molar-refractivity contribution >= 4 is 27.5 Å². The lowest BCUT2D eigenvalue weighted by molar-refractivity contribution is -0.139. The van der Waals surface area contributed by atoms with Gasteiger partial charge >= 0.3 is 0 Å². The molecule has 8 nitrogen and oxygen atoms in total. The third-order valence-electron chi connectivity index (χ3n) is 6.72. The molecule has 1 atom stereocenters. The van der Waals surface area contributed by atoms with Gasteiger partial charge in [0.25, 0.3) is 10.0 Å². The van der Waals surface area contributed by atoms with Gasteiger partial charge < -0.3 is 15.0 Å². The summed E-state index contributed by atoms with van der Waals surface area (Å²) in [6.45, 7) is 7.84. The lowest BCUT2D eigenvalue weighted by Crippen LogP contribution is -2.51. The molecule has 0 spiro atoms. The summed E-state index contributed by atoms with van der Waals surface area (Å²) in [5.41, 5.74) is 2.00. The van der Waals surface area contributed by atoms with E-state index in [1.54, 1.807) is 31.2 Å². The van der Waals surface area contributed by atoms with E-state index in [4.69, 9.17) is 4.74 Å². The van der Waals surface area contributed by atoms with Gasteiger partial charge in [0.15, 0.2) is 0 Å². The summed E-state index contributed by atoms with van der Waals surface area (Å²) in [5, 5.41) is 2.87. The number of amides is 2.